The number of carbonyl (C=O) groups is 1. The van der Waals surface area contributed by atoms with Crippen LogP contribution in [0.1, 0.15) is 27.5 Å². The number of rotatable bonds is 5. The summed E-state index contributed by atoms with van der Waals surface area (Å²) in [7, 11) is 0. The van der Waals surface area contributed by atoms with Gasteiger partial charge in [0.25, 0.3) is 5.91 Å². The topological polar surface area (TPSA) is 68.0 Å². The van der Waals surface area contributed by atoms with E-state index >= 15 is 0 Å². The molecule has 0 aliphatic rings. The molecule has 20 heavy (non-hydrogen) atoms. The van der Waals surface area contributed by atoms with Gasteiger partial charge in [0.2, 0.25) is 0 Å². The van der Waals surface area contributed by atoms with Crippen LogP contribution in [0.3, 0.4) is 0 Å². The maximum Gasteiger partial charge on any atom is 0.263 e. The fourth-order valence-electron chi connectivity index (χ4n) is 2.15. The number of amides is 1. The zero-order chi connectivity index (χ0) is 14.7. The van der Waals surface area contributed by atoms with Crippen molar-refractivity contribution in [3.8, 4) is 0 Å². The van der Waals surface area contributed by atoms with Gasteiger partial charge in [-0.1, -0.05) is 0 Å². The maximum atomic E-state index is 12.2. The van der Waals surface area contributed by atoms with Gasteiger partial charge in [-0.15, -0.1) is 11.3 Å². The Bertz CT molecular complexity index is 637. The van der Waals surface area contributed by atoms with Crippen LogP contribution in [0.5, 0.6) is 0 Å². The molecule has 6 heteroatoms. The van der Waals surface area contributed by atoms with Crippen molar-refractivity contribution in [2.45, 2.75) is 20.3 Å². The Morgan fingerprint density at radius 3 is 2.95 bits per heavy atom. The van der Waals surface area contributed by atoms with E-state index in [4.69, 9.17) is 5.73 Å². The summed E-state index contributed by atoms with van der Waals surface area (Å²) in [6.07, 6.45) is 3.03. The molecule has 2 aromatic heterocycles. The Hall–Kier alpha value is -1.27. The first kappa shape index (κ1) is 15.1. The molecule has 0 aliphatic heterocycles. The Labute approximate surface area is 127 Å². The van der Waals surface area contributed by atoms with Crippen molar-refractivity contribution in [3.05, 3.63) is 22.3 Å². The van der Waals surface area contributed by atoms with E-state index in [-0.39, 0.29) is 5.91 Å². The van der Waals surface area contributed by atoms with E-state index in [0.717, 1.165) is 33.6 Å². The van der Waals surface area contributed by atoms with Crippen molar-refractivity contribution in [3.63, 3.8) is 0 Å². The van der Waals surface area contributed by atoms with Gasteiger partial charge in [0, 0.05) is 28.0 Å². The number of aryl methyl sites for hydroxylation is 2. The molecule has 3 N–H and O–H groups in total. The number of aromatic nitrogens is 1. The van der Waals surface area contributed by atoms with Crippen molar-refractivity contribution in [1.29, 1.82) is 0 Å². The normalized spacial score (nSPS) is 10.9. The molecular formula is C14H19N3OS2. The van der Waals surface area contributed by atoms with Crippen LogP contribution in [-0.4, -0.2) is 29.4 Å². The molecule has 1 amide bonds. The highest BCUT2D eigenvalue weighted by Gasteiger charge is 2.18. The number of nitrogen functional groups attached to an aromatic ring is 1. The third-order valence-corrected chi connectivity index (χ3v) is 4.88. The highest BCUT2D eigenvalue weighted by molar-refractivity contribution is 7.98. The molecule has 0 saturated carbocycles. The van der Waals surface area contributed by atoms with Crippen LogP contribution in [0.4, 0.5) is 5.69 Å². The molecule has 0 aromatic carbocycles. The Morgan fingerprint density at radius 2 is 2.25 bits per heavy atom. The number of nitrogens with zero attached hydrogens (tertiary/aromatic N) is 1. The van der Waals surface area contributed by atoms with E-state index in [2.05, 4.69) is 16.6 Å². The molecule has 2 aromatic rings. The van der Waals surface area contributed by atoms with Crippen molar-refractivity contribution in [2.24, 2.45) is 0 Å². The number of thiophene rings is 1. The fourth-order valence-corrected chi connectivity index (χ4v) is 3.77. The van der Waals surface area contributed by atoms with Crippen LogP contribution in [-0.2, 0) is 0 Å². The summed E-state index contributed by atoms with van der Waals surface area (Å²) in [5, 5.41) is 3.84. The lowest BCUT2D eigenvalue weighted by molar-refractivity contribution is 0.0958. The zero-order valence-electron chi connectivity index (χ0n) is 11.9. The van der Waals surface area contributed by atoms with Gasteiger partial charge in [0.05, 0.1) is 5.69 Å². The van der Waals surface area contributed by atoms with E-state index < -0.39 is 0 Å². The van der Waals surface area contributed by atoms with Crippen LogP contribution >= 0.6 is 23.1 Å². The predicted molar refractivity (Wildman–Crippen MR) is 88.8 cm³/mol. The Kier molecular flexibility index (Phi) is 4.88. The van der Waals surface area contributed by atoms with Gasteiger partial charge in [-0.25, -0.2) is 0 Å². The number of hydrogen-bond acceptors (Lipinski definition) is 5. The van der Waals surface area contributed by atoms with Crippen LogP contribution < -0.4 is 11.1 Å². The third kappa shape index (κ3) is 3.07. The lowest BCUT2D eigenvalue weighted by atomic mass is 10.2. The molecule has 0 spiro atoms. The number of pyridine rings is 1. The lowest BCUT2D eigenvalue weighted by Crippen LogP contribution is -2.24. The minimum Gasteiger partial charge on any atom is -0.397 e. The summed E-state index contributed by atoms with van der Waals surface area (Å²) in [5.41, 5.74) is 8.51. The number of thioether (sulfide) groups is 1. The maximum absolute atomic E-state index is 12.2. The molecule has 2 heterocycles. The fraction of sp³-hybridized carbons (Fsp3) is 0.429. The summed E-state index contributed by atoms with van der Waals surface area (Å²) >= 11 is 3.22. The Balaban J connectivity index is 2.24. The number of hydrogen-bond donors (Lipinski definition) is 2. The zero-order valence-corrected chi connectivity index (χ0v) is 13.6. The lowest BCUT2D eigenvalue weighted by Gasteiger charge is -2.03. The predicted octanol–water partition coefficient (Wildman–Crippen LogP) is 2.98. The van der Waals surface area contributed by atoms with Gasteiger partial charge in [-0.2, -0.15) is 11.8 Å². The van der Waals surface area contributed by atoms with E-state index in [1.165, 1.54) is 11.3 Å². The summed E-state index contributed by atoms with van der Waals surface area (Å²) < 4.78 is 1.03. The standard InChI is InChI=1S/C14H19N3OS2/c1-8-7-10-11(9(2)17-8)12(15)13(20-10)14(18)16-5-4-6-19-3/h7H,4-6,15H2,1-3H3,(H,16,18). The Morgan fingerprint density at radius 1 is 1.50 bits per heavy atom. The number of anilines is 1. The van der Waals surface area contributed by atoms with Crippen LogP contribution in [0.25, 0.3) is 10.1 Å². The molecule has 0 saturated heterocycles. The molecule has 108 valence electrons. The summed E-state index contributed by atoms with van der Waals surface area (Å²) in [6.45, 7) is 4.56. The van der Waals surface area contributed by atoms with E-state index in [1.54, 1.807) is 11.8 Å². The van der Waals surface area contributed by atoms with Crippen LogP contribution in [0.2, 0.25) is 0 Å². The second kappa shape index (κ2) is 6.45. The minimum atomic E-state index is -0.0816. The first-order chi connectivity index (χ1) is 9.54. The van der Waals surface area contributed by atoms with Gasteiger partial charge in [-0.05, 0) is 38.3 Å². The smallest absolute Gasteiger partial charge is 0.263 e. The van der Waals surface area contributed by atoms with E-state index in [1.807, 2.05) is 19.9 Å². The molecule has 4 nitrogen and oxygen atoms in total. The van der Waals surface area contributed by atoms with Gasteiger partial charge in [-0.3, -0.25) is 9.78 Å². The van der Waals surface area contributed by atoms with E-state index in [0.29, 0.717) is 17.1 Å². The highest BCUT2D eigenvalue weighted by Crippen LogP contribution is 2.35. The average molecular weight is 309 g/mol. The largest absolute Gasteiger partial charge is 0.397 e. The monoisotopic (exact) mass is 309 g/mol. The second-order valence-electron chi connectivity index (χ2n) is 4.67. The molecule has 0 unspecified atom stereocenters. The molecule has 0 radical (unpaired) electrons. The van der Waals surface area contributed by atoms with Crippen molar-refractivity contribution in [2.75, 3.05) is 24.3 Å². The number of nitrogens with one attached hydrogen (secondary N) is 1. The van der Waals surface area contributed by atoms with Crippen LogP contribution in [0, 0.1) is 13.8 Å². The van der Waals surface area contributed by atoms with Crippen molar-refractivity contribution < 1.29 is 4.79 Å². The second-order valence-corrected chi connectivity index (χ2v) is 6.71. The first-order valence-corrected chi connectivity index (χ1v) is 8.69. The first-order valence-electron chi connectivity index (χ1n) is 6.48. The molecular weight excluding hydrogens is 290 g/mol. The minimum absolute atomic E-state index is 0.0816. The highest BCUT2D eigenvalue weighted by atomic mass is 32.2. The van der Waals surface area contributed by atoms with Crippen LogP contribution in [0.15, 0.2) is 6.07 Å². The summed E-state index contributed by atoms with van der Waals surface area (Å²) in [4.78, 5) is 17.2. The van der Waals surface area contributed by atoms with Gasteiger partial charge >= 0.3 is 0 Å². The SMILES string of the molecule is CSCCCNC(=O)c1sc2cc(C)nc(C)c2c1N. The summed E-state index contributed by atoms with van der Waals surface area (Å²) in [5.74, 6) is 0.964. The summed E-state index contributed by atoms with van der Waals surface area (Å²) in [6, 6.07) is 1.98. The van der Waals surface area contributed by atoms with E-state index in [9.17, 15) is 4.79 Å². The quantitative estimate of drug-likeness (QED) is 0.833. The third-order valence-electron chi connectivity index (χ3n) is 3.04. The average Bonchev–Trinajstić information content (AvgIpc) is 2.71. The van der Waals surface area contributed by atoms with Gasteiger partial charge in [0.1, 0.15) is 4.88 Å². The van der Waals surface area contributed by atoms with Gasteiger partial charge < -0.3 is 11.1 Å². The van der Waals surface area contributed by atoms with Gasteiger partial charge in [0.15, 0.2) is 0 Å². The number of fused-ring (bicyclic) bond motifs is 1. The molecule has 0 atom stereocenters. The van der Waals surface area contributed by atoms with Crippen molar-refractivity contribution in [1.82, 2.24) is 10.3 Å². The molecule has 2 rings (SSSR count). The van der Waals surface area contributed by atoms with Crippen molar-refractivity contribution >= 4 is 44.8 Å². The number of carbonyl (C=O) groups excluding carboxylic acids is 1. The molecule has 0 bridgehead atoms. The number of nitrogens with two attached hydrogens (primary N) is 1. The molecule has 0 fully saturated rings. The molecule has 0 aliphatic carbocycles.